The summed E-state index contributed by atoms with van der Waals surface area (Å²) in [5, 5.41) is 7.58. The van der Waals surface area contributed by atoms with Crippen LogP contribution in [0.2, 0.25) is 5.02 Å². The van der Waals surface area contributed by atoms with E-state index in [9.17, 15) is 22.4 Å². The number of carboxylic acids is 1. The van der Waals surface area contributed by atoms with Crippen LogP contribution in [0.25, 0.3) is 0 Å². The SMILES string of the molecule is O=C(O)Cc1ccc(Cl)c(C(F)(F)F)c1F. The van der Waals surface area contributed by atoms with Gasteiger partial charge in [0.05, 0.1) is 11.4 Å². The van der Waals surface area contributed by atoms with E-state index in [-0.39, 0.29) is 0 Å². The Kier molecular flexibility index (Phi) is 3.42. The van der Waals surface area contributed by atoms with Gasteiger partial charge in [-0.05, 0) is 11.6 Å². The van der Waals surface area contributed by atoms with Crippen LogP contribution in [0.4, 0.5) is 17.6 Å². The van der Waals surface area contributed by atoms with Gasteiger partial charge in [-0.25, -0.2) is 4.39 Å². The Bertz CT molecular complexity index is 428. The highest BCUT2D eigenvalue weighted by atomic mass is 35.5. The normalized spacial score (nSPS) is 11.6. The van der Waals surface area contributed by atoms with Crippen molar-refractivity contribution in [3.63, 3.8) is 0 Å². The number of hydrogen-bond donors (Lipinski definition) is 1. The Morgan fingerprint density at radius 1 is 1.38 bits per heavy atom. The zero-order valence-electron chi connectivity index (χ0n) is 7.61. The van der Waals surface area contributed by atoms with E-state index in [2.05, 4.69) is 0 Å². The topological polar surface area (TPSA) is 37.3 Å². The molecule has 1 rings (SSSR count). The van der Waals surface area contributed by atoms with E-state index in [1.807, 2.05) is 0 Å². The van der Waals surface area contributed by atoms with Crippen LogP contribution in [-0.2, 0) is 17.4 Å². The highest BCUT2D eigenvalue weighted by molar-refractivity contribution is 6.31. The minimum atomic E-state index is -4.95. The molecule has 0 bridgehead atoms. The monoisotopic (exact) mass is 256 g/mol. The zero-order valence-corrected chi connectivity index (χ0v) is 8.36. The van der Waals surface area contributed by atoms with Gasteiger partial charge in [0, 0.05) is 0 Å². The third kappa shape index (κ3) is 2.63. The number of aliphatic carboxylic acids is 1. The Morgan fingerprint density at radius 3 is 2.38 bits per heavy atom. The molecule has 2 nitrogen and oxygen atoms in total. The van der Waals surface area contributed by atoms with Crippen molar-refractivity contribution in [3.05, 3.63) is 34.1 Å². The van der Waals surface area contributed by atoms with Gasteiger partial charge < -0.3 is 5.11 Å². The molecule has 0 aliphatic rings. The first-order chi connectivity index (χ1) is 7.23. The summed E-state index contributed by atoms with van der Waals surface area (Å²) < 4.78 is 50.4. The molecule has 0 saturated heterocycles. The molecule has 0 aliphatic heterocycles. The van der Waals surface area contributed by atoms with Crippen LogP contribution < -0.4 is 0 Å². The van der Waals surface area contributed by atoms with Crippen LogP contribution in [0.3, 0.4) is 0 Å². The summed E-state index contributed by atoms with van der Waals surface area (Å²) in [6.07, 6.45) is -5.78. The van der Waals surface area contributed by atoms with Gasteiger partial charge in [-0.15, -0.1) is 0 Å². The van der Waals surface area contributed by atoms with E-state index >= 15 is 0 Å². The molecule has 1 aromatic carbocycles. The molecule has 0 spiro atoms. The maximum Gasteiger partial charge on any atom is 0.420 e. The average Bonchev–Trinajstić information content (AvgIpc) is 2.07. The van der Waals surface area contributed by atoms with E-state index in [0.717, 1.165) is 12.1 Å². The molecule has 0 aromatic heterocycles. The Hall–Kier alpha value is -1.30. The Balaban J connectivity index is 3.33. The number of rotatable bonds is 2. The largest absolute Gasteiger partial charge is 0.481 e. The lowest BCUT2D eigenvalue weighted by molar-refractivity contribution is -0.140. The van der Waals surface area contributed by atoms with E-state index in [0.29, 0.717) is 0 Å². The molecule has 1 N–H and O–H groups in total. The molecule has 0 aliphatic carbocycles. The minimum absolute atomic E-state index is 0.552. The van der Waals surface area contributed by atoms with Gasteiger partial charge in [-0.3, -0.25) is 4.79 Å². The van der Waals surface area contributed by atoms with Crippen LogP contribution in [0.15, 0.2) is 12.1 Å². The molecule has 0 radical (unpaired) electrons. The second-order valence-corrected chi connectivity index (χ2v) is 3.37. The molecule has 0 saturated carbocycles. The molecule has 0 unspecified atom stereocenters. The fraction of sp³-hybridized carbons (Fsp3) is 0.222. The highest BCUT2D eigenvalue weighted by Gasteiger charge is 2.37. The Labute approximate surface area is 92.4 Å². The Morgan fingerprint density at radius 2 is 1.94 bits per heavy atom. The molecule has 0 amide bonds. The number of benzene rings is 1. The maximum absolute atomic E-state index is 13.3. The zero-order chi connectivity index (χ0) is 12.5. The van der Waals surface area contributed by atoms with Gasteiger partial charge in [0.1, 0.15) is 11.4 Å². The van der Waals surface area contributed by atoms with E-state index in [1.54, 1.807) is 0 Å². The summed E-state index contributed by atoms with van der Waals surface area (Å²) in [7, 11) is 0. The number of hydrogen-bond acceptors (Lipinski definition) is 1. The van der Waals surface area contributed by atoms with E-state index in [1.165, 1.54) is 0 Å². The predicted octanol–water partition coefficient (Wildman–Crippen LogP) is 3.13. The molecule has 0 atom stereocenters. The molecule has 7 heteroatoms. The first kappa shape index (κ1) is 12.8. The fourth-order valence-corrected chi connectivity index (χ4v) is 1.41. The van der Waals surface area contributed by atoms with Gasteiger partial charge in [-0.2, -0.15) is 13.2 Å². The first-order valence-electron chi connectivity index (χ1n) is 3.99. The van der Waals surface area contributed by atoms with Crippen LogP contribution in [0.5, 0.6) is 0 Å². The first-order valence-corrected chi connectivity index (χ1v) is 4.37. The van der Waals surface area contributed by atoms with E-state index in [4.69, 9.17) is 16.7 Å². The molecule has 0 fully saturated rings. The predicted molar refractivity (Wildman–Crippen MR) is 47.8 cm³/mol. The highest BCUT2D eigenvalue weighted by Crippen LogP contribution is 2.37. The third-order valence-corrected chi connectivity index (χ3v) is 2.11. The quantitative estimate of drug-likeness (QED) is 0.826. The van der Waals surface area contributed by atoms with Crippen molar-refractivity contribution >= 4 is 17.6 Å². The lowest BCUT2D eigenvalue weighted by Crippen LogP contribution is -2.12. The van der Waals surface area contributed by atoms with E-state index < -0.39 is 40.5 Å². The summed E-state index contributed by atoms with van der Waals surface area (Å²) in [6.45, 7) is 0. The van der Waals surface area contributed by atoms with Gasteiger partial charge in [-0.1, -0.05) is 17.7 Å². The third-order valence-electron chi connectivity index (χ3n) is 1.80. The van der Waals surface area contributed by atoms with Crippen LogP contribution in [-0.4, -0.2) is 11.1 Å². The summed E-state index contributed by atoms with van der Waals surface area (Å²) in [5.74, 6) is -3.06. The second kappa shape index (κ2) is 4.29. The van der Waals surface area contributed by atoms with Crippen molar-refractivity contribution < 1.29 is 27.5 Å². The smallest absolute Gasteiger partial charge is 0.420 e. The van der Waals surface area contributed by atoms with Gasteiger partial charge in [0.15, 0.2) is 0 Å². The molecule has 88 valence electrons. The van der Waals surface area contributed by atoms with Crippen molar-refractivity contribution in [2.24, 2.45) is 0 Å². The van der Waals surface area contributed by atoms with Crippen molar-refractivity contribution in [1.82, 2.24) is 0 Å². The number of carbonyl (C=O) groups is 1. The fourth-order valence-electron chi connectivity index (χ4n) is 1.15. The molecular formula is C9H5ClF4O2. The van der Waals surface area contributed by atoms with Gasteiger partial charge >= 0.3 is 12.1 Å². The minimum Gasteiger partial charge on any atom is -0.481 e. The van der Waals surface area contributed by atoms with Crippen molar-refractivity contribution in [2.75, 3.05) is 0 Å². The summed E-state index contributed by atoms with van der Waals surface area (Å²) in [6, 6.07) is 1.74. The van der Waals surface area contributed by atoms with Crippen LogP contribution in [0, 0.1) is 5.82 Å². The lowest BCUT2D eigenvalue weighted by Gasteiger charge is -2.12. The van der Waals surface area contributed by atoms with Crippen LogP contribution in [0.1, 0.15) is 11.1 Å². The molecule has 1 aromatic rings. The summed E-state index contributed by atoms with van der Waals surface area (Å²) >= 11 is 5.22. The van der Waals surface area contributed by atoms with Crippen LogP contribution >= 0.6 is 11.6 Å². The average molecular weight is 257 g/mol. The standard InChI is InChI=1S/C9H5ClF4O2/c10-5-2-1-4(3-6(15)16)8(11)7(5)9(12,13)14/h1-2H,3H2,(H,15,16). The van der Waals surface area contributed by atoms with Crippen molar-refractivity contribution in [2.45, 2.75) is 12.6 Å². The number of carboxylic acid groups (broad SMARTS) is 1. The molecule has 16 heavy (non-hydrogen) atoms. The number of halogens is 5. The second-order valence-electron chi connectivity index (χ2n) is 2.96. The number of alkyl halides is 3. The summed E-state index contributed by atoms with van der Waals surface area (Å²) in [5.41, 5.74) is -2.18. The summed E-state index contributed by atoms with van der Waals surface area (Å²) in [4.78, 5) is 10.3. The van der Waals surface area contributed by atoms with Crippen molar-refractivity contribution in [3.8, 4) is 0 Å². The molecular weight excluding hydrogens is 252 g/mol. The molecule has 0 heterocycles. The van der Waals surface area contributed by atoms with Gasteiger partial charge in [0.2, 0.25) is 0 Å². The van der Waals surface area contributed by atoms with Crippen molar-refractivity contribution in [1.29, 1.82) is 0 Å². The maximum atomic E-state index is 13.3. The lowest BCUT2D eigenvalue weighted by atomic mass is 10.1. The van der Waals surface area contributed by atoms with Gasteiger partial charge in [0.25, 0.3) is 0 Å².